The van der Waals surface area contributed by atoms with Gasteiger partial charge in [0.25, 0.3) is 10.0 Å². The van der Waals surface area contributed by atoms with Gasteiger partial charge in [-0.1, -0.05) is 0 Å². The van der Waals surface area contributed by atoms with Gasteiger partial charge in [-0.3, -0.25) is 4.72 Å². The van der Waals surface area contributed by atoms with Crippen LogP contribution in [0.4, 0.5) is 5.69 Å². The molecular formula is C10H8Br2N2O2S2. The van der Waals surface area contributed by atoms with Gasteiger partial charge in [0.15, 0.2) is 0 Å². The molecule has 0 radical (unpaired) electrons. The van der Waals surface area contributed by atoms with E-state index in [1.54, 1.807) is 24.4 Å². The van der Waals surface area contributed by atoms with Gasteiger partial charge in [0.1, 0.15) is 8.81 Å². The van der Waals surface area contributed by atoms with Crippen LogP contribution in [0.25, 0.3) is 0 Å². The smallest absolute Gasteiger partial charge is 0.271 e. The van der Waals surface area contributed by atoms with Crippen molar-refractivity contribution in [1.82, 2.24) is 4.98 Å². The Hall–Kier alpha value is -0.440. The van der Waals surface area contributed by atoms with Crippen molar-refractivity contribution in [1.29, 1.82) is 0 Å². The zero-order valence-corrected chi connectivity index (χ0v) is 14.0. The van der Waals surface area contributed by atoms with Gasteiger partial charge in [-0.15, -0.1) is 11.3 Å². The predicted molar refractivity (Wildman–Crippen MR) is 79.5 cm³/mol. The summed E-state index contributed by atoms with van der Waals surface area (Å²) >= 11 is 7.69. The molecule has 4 nitrogen and oxygen atoms in total. The number of thiophene rings is 1. The van der Waals surface area contributed by atoms with Gasteiger partial charge < -0.3 is 0 Å². The van der Waals surface area contributed by atoms with Gasteiger partial charge in [-0.05, 0) is 62.5 Å². The maximum Gasteiger partial charge on any atom is 0.271 e. The minimum absolute atomic E-state index is 0.266. The summed E-state index contributed by atoms with van der Waals surface area (Å²) in [5.41, 5.74) is 1.31. The van der Waals surface area contributed by atoms with Crippen molar-refractivity contribution in [2.75, 3.05) is 4.72 Å². The Morgan fingerprint density at radius 3 is 2.67 bits per heavy atom. The van der Waals surface area contributed by atoms with Crippen LogP contribution in [0, 0.1) is 6.92 Å². The fourth-order valence-electron chi connectivity index (χ4n) is 1.22. The topological polar surface area (TPSA) is 59.1 Å². The highest BCUT2D eigenvalue weighted by Crippen LogP contribution is 2.32. The fourth-order valence-corrected chi connectivity index (χ4v) is 4.99. The third kappa shape index (κ3) is 2.93. The van der Waals surface area contributed by atoms with Gasteiger partial charge in [-0.2, -0.15) is 0 Å². The van der Waals surface area contributed by atoms with Crippen LogP contribution in [0.1, 0.15) is 5.56 Å². The highest BCUT2D eigenvalue weighted by atomic mass is 79.9. The number of pyridine rings is 1. The average Bonchev–Trinajstić information content (AvgIpc) is 2.63. The van der Waals surface area contributed by atoms with E-state index in [-0.39, 0.29) is 4.21 Å². The van der Waals surface area contributed by atoms with Crippen molar-refractivity contribution in [3.8, 4) is 0 Å². The summed E-state index contributed by atoms with van der Waals surface area (Å²) in [5.74, 6) is 0. The zero-order valence-electron chi connectivity index (χ0n) is 9.15. The zero-order chi connectivity index (χ0) is 13.3. The molecule has 0 saturated heterocycles. The van der Waals surface area contributed by atoms with E-state index in [1.807, 2.05) is 6.92 Å². The minimum atomic E-state index is -3.57. The molecule has 18 heavy (non-hydrogen) atoms. The van der Waals surface area contributed by atoms with E-state index in [4.69, 9.17) is 0 Å². The first-order chi connectivity index (χ1) is 8.40. The fraction of sp³-hybridized carbons (Fsp3) is 0.100. The number of hydrogen-bond acceptors (Lipinski definition) is 4. The van der Waals surface area contributed by atoms with E-state index >= 15 is 0 Å². The van der Waals surface area contributed by atoms with Crippen LogP contribution in [0.15, 0.2) is 37.0 Å². The van der Waals surface area contributed by atoms with Crippen LogP contribution in [-0.4, -0.2) is 13.4 Å². The van der Waals surface area contributed by atoms with E-state index < -0.39 is 10.0 Å². The van der Waals surface area contributed by atoms with E-state index in [0.29, 0.717) is 10.3 Å². The maximum atomic E-state index is 12.1. The molecule has 0 unspecified atom stereocenters. The standard InChI is InChI=1S/C10H8Br2N2O2S2/c1-6-5-8(17-10(6)12)18(15,16)14-7-3-2-4-13-9(7)11/h2-5,14H,1H3. The highest BCUT2D eigenvalue weighted by Gasteiger charge is 2.19. The second kappa shape index (κ2) is 5.28. The summed E-state index contributed by atoms with van der Waals surface area (Å²) in [7, 11) is -3.57. The summed E-state index contributed by atoms with van der Waals surface area (Å²) in [6.45, 7) is 1.85. The van der Waals surface area contributed by atoms with Crippen LogP contribution < -0.4 is 4.72 Å². The number of nitrogens with zero attached hydrogens (tertiary/aromatic N) is 1. The lowest BCUT2D eigenvalue weighted by atomic mass is 10.4. The summed E-state index contributed by atoms with van der Waals surface area (Å²) in [5, 5.41) is 0. The summed E-state index contributed by atoms with van der Waals surface area (Å²) < 4.78 is 28.3. The molecule has 0 aliphatic heterocycles. The number of anilines is 1. The van der Waals surface area contributed by atoms with Crippen molar-refractivity contribution in [2.45, 2.75) is 11.1 Å². The van der Waals surface area contributed by atoms with Crippen LogP contribution in [0.3, 0.4) is 0 Å². The summed E-state index contributed by atoms with van der Waals surface area (Å²) in [6, 6.07) is 4.93. The summed E-state index contributed by atoms with van der Waals surface area (Å²) in [4.78, 5) is 3.96. The van der Waals surface area contributed by atoms with Gasteiger partial charge in [0.2, 0.25) is 0 Å². The van der Waals surface area contributed by atoms with Gasteiger partial charge in [-0.25, -0.2) is 13.4 Å². The van der Waals surface area contributed by atoms with Crippen LogP contribution in [0.5, 0.6) is 0 Å². The summed E-state index contributed by atoms with van der Waals surface area (Å²) in [6.07, 6.45) is 1.58. The molecule has 0 saturated carbocycles. The monoisotopic (exact) mass is 410 g/mol. The molecule has 1 N–H and O–H groups in total. The van der Waals surface area contributed by atoms with E-state index in [1.165, 1.54) is 11.3 Å². The largest absolute Gasteiger partial charge is 0.276 e. The molecule has 0 aliphatic carbocycles. The Labute approximate surface area is 126 Å². The minimum Gasteiger partial charge on any atom is -0.276 e. The SMILES string of the molecule is Cc1cc(S(=O)(=O)Nc2cccnc2Br)sc1Br. The lowest BCUT2D eigenvalue weighted by Crippen LogP contribution is -2.12. The molecule has 96 valence electrons. The van der Waals surface area contributed by atoms with Crippen molar-refractivity contribution in [3.05, 3.63) is 38.3 Å². The van der Waals surface area contributed by atoms with Gasteiger partial charge in [0.05, 0.1) is 9.47 Å². The number of aryl methyl sites for hydroxylation is 1. The molecule has 0 amide bonds. The Bertz CT molecular complexity index is 663. The van der Waals surface area contributed by atoms with E-state index in [2.05, 4.69) is 41.6 Å². The number of rotatable bonds is 3. The van der Waals surface area contributed by atoms with Crippen molar-refractivity contribution >= 4 is 58.9 Å². The third-order valence-electron chi connectivity index (χ3n) is 2.10. The first-order valence-corrected chi connectivity index (χ1v) is 8.68. The van der Waals surface area contributed by atoms with Crippen LogP contribution >= 0.6 is 43.2 Å². The Morgan fingerprint density at radius 2 is 2.11 bits per heavy atom. The first kappa shape index (κ1) is 14.0. The van der Waals surface area contributed by atoms with Crippen LogP contribution in [-0.2, 0) is 10.0 Å². The second-order valence-corrected chi connectivity index (χ2v) is 8.50. The molecule has 2 aromatic rings. The van der Waals surface area contributed by atoms with Gasteiger partial charge in [0, 0.05) is 6.20 Å². The number of hydrogen-bond donors (Lipinski definition) is 1. The lowest BCUT2D eigenvalue weighted by Gasteiger charge is -2.06. The van der Waals surface area contributed by atoms with E-state index in [9.17, 15) is 8.42 Å². The quantitative estimate of drug-likeness (QED) is 0.781. The molecule has 2 aromatic heterocycles. The predicted octanol–water partition coefficient (Wildman–Crippen LogP) is 3.78. The second-order valence-electron chi connectivity index (χ2n) is 3.47. The number of nitrogens with one attached hydrogen (secondary N) is 1. The lowest BCUT2D eigenvalue weighted by molar-refractivity contribution is 0.603. The highest BCUT2D eigenvalue weighted by molar-refractivity contribution is 9.11. The maximum absolute atomic E-state index is 12.1. The van der Waals surface area contributed by atoms with Crippen molar-refractivity contribution in [2.24, 2.45) is 0 Å². The molecule has 0 spiro atoms. The molecule has 0 aromatic carbocycles. The third-order valence-corrected chi connectivity index (χ3v) is 6.71. The molecule has 0 bridgehead atoms. The average molecular weight is 412 g/mol. The Balaban J connectivity index is 2.36. The molecule has 8 heteroatoms. The van der Waals surface area contributed by atoms with Crippen LogP contribution in [0.2, 0.25) is 0 Å². The number of aromatic nitrogens is 1. The number of sulfonamides is 1. The molecule has 0 atom stereocenters. The Morgan fingerprint density at radius 1 is 1.39 bits per heavy atom. The molecular weight excluding hydrogens is 404 g/mol. The van der Waals surface area contributed by atoms with Crippen molar-refractivity contribution < 1.29 is 8.42 Å². The molecule has 2 heterocycles. The first-order valence-electron chi connectivity index (χ1n) is 4.79. The Kier molecular flexibility index (Phi) is 4.10. The normalized spacial score (nSPS) is 11.5. The van der Waals surface area contributed by atoms with Crippen molar-refractivity contribution in [3.63, 3.8) is 0 Å². The van der Waals surface area contributed by atoms with E-state index in [0.717, 1.165) is 9.35 Å². The molecule has 2 rings (SSSR count). The number of halogens is 2. The molecule has 0 aliphatic rings. The molecule has 0 fully saturated rings. The van der Waals surface area contributed by atoms with Gasteiger partial charge >= 0.3 is 0 Å².